The van der Waals surface area contributed by atoms with E-state index in [-0.39, 0.29) is 5.69 Å². The van der Waals surface area contributed by atoms with Crippen LogP contribution in [0.4, 0.5) is 14.5 Å². The van der Waals surface area contributed by atoms with Crippen LogP contribution >= 0.6 is 0 Å². The van der Waals surface area contributed by atoms with E-state index in [4.69, 9.17) is 0 Å². The highest BCUT2D eigenvalue weighted by atomic mass is 19.3. The molecule has 0 aromatic heterocycles. The fraction of sp³-hybridized carbons (Fsp3) is 0.105. The van der Waals surface area contributed by atoms with Crippen LogP contribution in [0.1, 0.15) is 17.3 Å². The summed E-state index contributed by atoms with van der Waals surface area (Å²) in [7, 11) is 0. The van der Waals surface area contributed by atoms with Gasteiger partial charge in [-0.2, -0.15) is 8.78 Å². The van der Waals surface area contributed by atoms with E-state index in [1.165, 1.54) is 0 Å². The second-order valence-electron chi connectivity index (χ2n) is 5.71. The number of amides is 1. The zero-order chi connectivity index (χ0) is 16.2. The summed E-state index contributed by atoms with van der Waals surface area (Å²) in [6.45, 7) is 0.744. The molecular formula is C19H13F2NO. The van der Waals surface area contributed by atoms with E-state index >= 15 is 0 Å². The van der Waals surface area contributed by atoms with Crippen LogP contribution < -0.4 is 4.90 Å². The van der Waals surface area contributed by atoms with Crippen molar-refractivity contribution in [3.8, 4) is 11.1 Å². The smallest absolute Gasteiger partial charge is 0.268 e. The van der Waals surface area contributed by atoms with Crippen LogP contribution in [0.5, 0.6) is 0 Å². The topological polar surface area (TPSA) is 20.3 Å². The molecule has 0 spiro atoms. The summed E-state index contributed by atoms with van der Waals surface area (Å²) >= 11 is 0. The molecule has 3 aromatic carbocycles. The average Bonchev–Trinajstić information content (AvgIpc) is 2.83. The van der Waals surface area contributed by atoms with Gasteiger partial charge >= 0.3 is 6.05 Å². The molecule has 4 rings (SSSR count). The highest BCUT2D eigenvalue weighted by Crippen LogP contribution is 2.44. The summed E-state index contributed by atoms with van der Waals surface area (Å²) in [5.74, 6) is -0.650. The Labute approximate surface area is 132 Å². The lowest BCUT2D eigenvalue weighted by Crippen LogP contribution is -2.41. The Hall–Kier alpha value is -2.75. The highest BCUT2D eigenvalue weighted by molar-refractivity contribution is 6.27. The van der Waals surface area contributed by atoms with Gasteiger partial charge in [0.1, 0.15) is 0 Å². The molecule has 0 saturated carbocycles. The molecule has 1 aliphatic rings. The third-order valence-electron chi connectivity index (χ3n) is 4.17. The maximum absolute atomic E-state index is 13.9. The van der Waals surface area contributed by atoms with Gasteiger partial charge in [-0.15, -0.1) is 0 Å². The fourth-order valence-corrected chi connectivity index (χ4v) is 3.24. The van der Waals surface area contributed by atoms with E-state index in [2.05, 4.69) is 0 Å². The van der Waals surface area contributed by atoms with Crippen LogP contribution in [0.25, 0.3) is 21.9 Å². The van der Waals surface area contributed by atoms with Gasteiger partial charge in [-0.3, -0.25) is 4.79 Å². The Kier molecular flexibility index (Phi) is 2.79. The van der Waals surface area contributed by atoms with E-state index in [9.17, 15) is 13.6 Å². The number of rotatable bonds is 2. The number of carbonyl (C=O) groups is 1. The van der Waals surface area contributed by atoms with Crippen LogP contribution in [0.2, 0.25) is 0 Å². The Balaban J connectivity index is 2.05. The monoisotopic (exact) mass is 309 g/mol. The number of hydrogen-bond acceptors (Lipinski definition) is 1. The summed E-state index contributed by atoms with van der Waals surface area (Å²) in [6, 6.07) is 15.1. The first kappa shape index (κ1) is 13.9. The van der Waals surface area contributed by atoms with Crippen molar-refractivity contribution >= 4 is 22.4 Å². The summed E-state index contributed by atoms with van der Waals surface area (Å²) in [5.41, 5.74) is 2.52. The first-order valence-electron chi connectivity index (χ1n) is 7.32. The number of alkyl halides is 2. The molecule has 0 fully saturated rings. The standard InChI is InChI=1S/C19H13F2NO/c1-19(20,21)22-16-11-10-13(12-6-3-2-4-7-12)14-8-5-9-15(17(14)16)18(22)23/h2-11H,1H3. The number of anilines is 1. The molecule has 114 valence electrons. The maximum atomic E-state index is 13.9. The van der Waals surface area contributed by atoms with Crippen LogP contribution in [-0.4, -0.2) is 12.0 Å². The van der Waals surface area contributed by atoms with E-state index in [0.29, 0.717) is 15.8 Å². The summed E-state index contributed by atoms with van der Waals surface area (Å²) in [5, 5.41) is 1.41. The molecule has 2 nitrogen and oxygen atoms in total. The lowest BCUT2D eigenvalue weighted by atomic mass is 9.96. The molecule has 0 bridgehead atoms. The molecule has 1 aliphatic heterocycles. The van der Waals surface area contributed by atoms with Crippen LogP contribution in [0.15, 0.2) is 60.7 Å². The largest absolute Gasteiger partial charge is 0.329 e. The highest BCUT2D eigenvalue weighted by Gasteiger charge is 2.43. The summed E-state index contributed by atoms with van der Waals surface area (Å²) in [6.07, 6.45) is 0. The predicted octanol–water partition coefficient (Wildman–Crippen LogP) is 5.08. The molecule has 1 amide bonds. The van der Waals surface area contributed by atoms with Crippen molar-refractivity contribution in [2.24, 2.45) is 0 Å². The van der Waals surface area contributed by atoms with Crippen molar-refractivity contribution in [1.29, 1.82) is 0 Å². The van der Waals surface area contributed by atoms with Crippen molar-refractivity contribution in [2.45, 2.75) is 13.0 Å². The molecule has 0 aliphatic carbocycles. The SMILES string of the molecule is CC(F)(F)N1C(=O)c2cccc3c(-c4ccccc4)ccc1c23. The zero-order valence-corrected chi connectivity index (χ0v) is 12.4. The number of nitrogens with zero attached hydrogens (tertiary/aromatic N) is 1. The van der Waals surface area contributed by atoms with Crippen molar-refractivity contribution in [1.82, 2.24) is 0 Å². The molecular weight excluding hydrogens is 296 g/mol. The van der Waals surface area contributed by atoms with Crippen molar-refractivity contribution < 1.29 is 13.6 Å². The molecule has 0 N–H and O–H groups in total. The summed E-state index contributed by atoms with van der Waals surface area (Å²) in [4.78, 5) is 13.0. The molecule has 0 radical (unpaired) electrons. The second-order valence-corrected chi connectivity index (χ2v) is 5.71. The van der Waals surface area contributed by atoms with Crippen LogP contribution in [-0.2, 0) is 0 Å². The minimum atomic E-state index is -3.24. The zero-order valence-electron chi connectivity index (χ0n) is 12.4. The normalized spacial score (nSPS) is 13.9. The van der Waals surface area contributed by atoms with Crippen molar-refractivity contribution in [2.75, 3.05) is 4.90 Å². The van der Waals surface area contributed by atoms with E-state index in [1.807, 2.05) is 36.4 Å². The fourth-order valence-electron chi connectivity index (χ4n) is 3.24. The van der Waals surface area contributed by atoms with Gasteiger partial charge in [-0.1, -0.05) is 48.5 Å². The minimum Gasteiger partial charge on any atom is -0.268 e. The van der Waals surface area contributed by atoms with Gasteiger partial charge in [0.15, 0.2) is 0 Å². The van der Waals surface area contributed by atoms with Gasteiger partial charge in [0.2, 0.25) is 0 Å². The Morgan fingerprint density at radius 3 is 2.30 bits per heavy atom. The molecule has 1 heterocycles. The Morgan fingerprint density at radius 2 is 1.61 bits per heavy atom. The van der Waals surface area contributed by atoms with Gasteiger partial charge in [0, 0.05) is 12.3 Å². The molecule has 23 heavy (non-hydrogen) atoms. The van der Waals surface area contributed by atoms with Gasteiger partial charge in [0.05, 0.1) is 11.3 Å². The molecule has 4 heteroatoms. The third-order valence-corrected chi connectivity index (χ3v) is 4.17. The number of hydrogen-bond donors (Lipinski definition) is 0. The van der Waals surface area contributed by atoms with Crippen LogP contribution in [0, 0.1) is 0 Å². The molecule has 0 saturated heterocycles. The quantitative estimate of drug-likeness (QED) is 0.605. The maximum Gasteiger partial charge on any atom is 0.329 e. The minimum absolute atomic E-state index is 0.271. The van der Waals surface area contributed by atoms with Crippen molar-refractivity contribution in [3.63, 3.8) is 0 Å². The van der Waals surface area contributed by atoms with E-state index in [0.717, 1.165) is 23.4 Å². The number of carbonyl (C=O) groups excluding carboxylic acids is 1. The molecule has 0 atom stereocenters. The first-order valence-corrected chi connectivity index (χ1v) is 7.32. The van der Waals surface area contributed by atoms with Gasteiger partial charge < -0.3 is 0 Å². The van der Waals surface area contributed by atoms with Gasteiger partial charge in [-0.25, -0.2) is 4.90 Å². The number of benzene rings is 3. The first-order chi connectivity index (χ1) is 11.0. The van der Waals surface area contributed by atoms with Crippen LogP contribution in [0.3, 0.4) is 0 Å². The third kappa shape index (κ3) is 1.95. The van der Waals surface area contributed by atoms with Gasteiger partial charge in [-0.05, 0) is 28.6 Å². The lowest BCUT2D eigenvalue weighted by Gasteiger charge is -2.24. The van der Waals surface area contributed by atoms with E-state index < -0.39 is 12.0 Å². The Bertz CT molecular complexity index is 929. The number of halogens is 2. The van der Waals surface area contributed by atoms with Crippen molar-refractivity contribution in [3.05, 3.63) is 66.2 Å². The summed E-state index contributed by atoms with van der Waals surface area (Å²) < 4.78 is 27.8. The second kappa shape index (κ2) is 4.62. The predicted molar refractivity (Wildman–Crippen MR) is 86.8 cm³/mol. The van der Waals surface area contributed by atoms with E-state index in [1.54, 1.807) is 24.3 Å². The molecule has 3 aromatic rings. The average molecular weight is 309 g/mol. The lowest BCUT2D eigenvalue weighted by molar-refractivity contribution is 0.0191. The molecule has 0 unspecified atom stereocenters. The Morgan fingerprint density at radius 1 is 0.870 bits per heavy atom. The van der Waals surface area contributed by atoms with Gasteiger partial charge in [0.25, 0.3) is 5.91 Å².